The van der Waals surface area contributed by atoms with Gasteiger partial charge in [-0.25, -0.2) is 0 Å². The molecule has 4 nitrogen and oxygen atoms in total. The molecule has 26 heavy (non-hydrogen) atoms. The molecule has 1 aliphatic heterocycles. The molecule has 4 heteroatoms. The zero-order valence-electron chi connectivity index (χ0n) is 15.7. The molecule has 0 radical (unpaired) electrons. The normalized spacial score (nSPS) is 20.5. The summed E-state index contributed by atoms with van der Waals surface area (Å²) in [5, 5.41) is 3.01. The second kappa shape index (κ2) is 8.47. The molecule has 0 spiro atoms. The Hall–Kier alpha value is -2.17. The van der Waals surface area contributed by atoms with Gasteiger partial charge in [0.25, 0.3) is 0 Å². The summed E-state index contributed by atoms with van der Waals surface area (Å²) in [5.74, 6) is 1.33. The minimum atomic E-state index is 0.0341. The molecule has 1 heterocycles. The molecule has 0 bridgehead atoms. The van der Waals surface area contributed by atoms with Gasteiger partial charge in [-0.15, -0.1) is 0 Å². The topological polar surface area (TPSA) is 58.4 Å². The first kappa shape index (κ1) is 18.6. The number of nitrogens with zero attached hydrogens (tertiary/aromatic N) is 1. The summed E-state index contributed by atoms with van der Waals surface area (Å²) in [7, 11) is 0. The minimum absolute atomic E-state index is 0.0341. The molecule has 1 amide bonds. The first-order valence-corrected chi connectivity index (χ1v) is 9.44. The van der Waals surface area contributed by atoms with Crippen LogP contribution in [-0.4, -0.2) is 37.0 Å². The van der Waals surface area contributed by atoms with E-state index < -0.39 is 0 Å². The van der Waals surface area contributed by atoms with E-state index in [-0.39, 0.29) is 5.91 Å². The third-order valence-corrected chi connectivity index (χ3v) is 5.28. The molecule has 1 saturated heterocycles. The van der Waals surface area contributed by atoms with Crippen molar-refractivity contribution < 1.29 is 4.79 Å². The second-order valence-corrected chi connectivity index (χ2v) is 7.53. The van der Waals surface area contributed by atoms with Gasteiger partial charge >= 0.3 is 0 Å². The van der Waals surface area contributed by atoms with E-state index in [1.165, 1.54) is 11.1 Å². The molecule has 2 aromatic rings. The second-order valence-electron chi connectivity index (χ2n) is 7.53. The zero-order chi connectivity index (χ0) is 18.5. The van der Waals surface area contributed by atoms with Crippen molar-refractivity contribution in [3.8, 4) is 0 Å². The predicted molar refractivity (Wildman–Crippen MR) is 107 cm³/mol. The smallest absolute Gasteiger partial charge is 0.238 e. The van der Waals surface area contributed by atoms with Crippen molar-refractivity contribution in [1.82, 2.24) is 4.90 Å². The Morgan fingerprint density at radius 1 is 1.12 bits per heavy atom. The van der Waals surface area contributed by atoms with Gasteiger partial charge in [-0.05, 0) is 41.6 Å². The van der Waals surface area contributed by atoms with Crippen molar-refractivity contribution in [3.05, 3.63) is 65.7 Å². The monoisotopic (exact) mass is 351 g/mol. The fourth-order valence-corrected chi connectivity index (χ4v) is 3.76. The van der Waals surface area contributed by atoms with Crippen molar-refractivity contribution in [2.45, 2.75) is 25.7 Å². The lowest BCUT2D eigenvalue weighted by Gasteiger charge is -2.16. The van der Waals surface area contributed by atoms with E-state index in [9.17, 15) is 4.79 Å². The molecule has 1 aliphatic rings. The van der Waals surface area contributed by atoms with E-state index in [0.29, 0.717) is 30.8 Å². The number of likely N-dealkylation sites (tertiary alicyclic amines) is 1. The van der Waals surface area contributed by atoms with Crippen molar-refractivity contribution in [1.29, 1.82) is 0 Å². The Labute approximate surface area is 156 Å². The minimum Gasteiger partial charge on any atom is -0.330 e. The lowest BCUT2D eigenvalue weighted by atomic mass is 9.89. The fraction of sp³-hybridized carbons (Fsp3) is 0.409. The van der Waals surface area contributed by atoms with E-state index in [0.717, 1.165) is 18.8 Å². The number of carbonyl (C=O) groups is 1. The Morgan fingerprint density at radius 2 is 1.81 bits per heavy atom. The van der Waals surface area contributed by atoms with Crippen molar-refractivity contribution in [3.63, 3.8) is 0 Å². The lowest BCUT2D eigenvalue weighted by Crippen LogP contribution is -2.32. The van der Waals surface area contributed by atoms with Crippen LogP contribution < -0.4 is 11.1 Å². The van der Waals surface area contributed by atoms with Crippen LogP contribution >= 0.6 is 0 Å². The average Bonchev–Trinajstić information content (AvgIpc) is 3.05. The molecule has 0 aliphatic carbocycles. The Balaban J connectivity index is 1.57. The van der Waals surface area contributed by atoms with Crippen molar-refractivity contribution in [2.75, 3.05) is 31.5 Å². The first-order chi connectivity index (χ1) is 12.6. The highest BCUT2D eigenvalue weighted by Gasteiger charge is 2.33. The Kier molecular flexibility index (Phi) is 6.07. The van der Waals surface area contributed by atoms with Crippen LogP contribution in [-0.2, 0) is 4.79 Å². The summed E-state index contributed by atoms with van der Waals surface area (Å²) in [6.45, 7) is 7.14. The number of hydrogen-bond donors (Lipinski definition) is 2. The molecule has 0 saturated carbocycles. The van der Waals surface area contributed by atoms with Crippen molar-refractivity contribution >= 4 is 11.6 Å². The van der Waals surface area contributed by atoms with Crippen molar-refractivity contribution in [2.24, 2.45) is 11.7 Å². The first-order valence-electron chi connectivity index (χ1n) is 9.44. The van der Waals surface area contributed by atoms with Crippen LogP contribution in [0.4, 0.5) is 5.69 Å². The Morgan fingerprint density at radius 3 is 2.42 bits per heavy atom. The third kappa shape index (κ3) is 4.51. The predicted octanol–water partition coefficient (Wildman–Crippen LogP) is 3.42. The fourth-order valence-electron chi connectivity index (χ4n) is 3.76. The molecule has 3 N–H and O–H groups in total. The summed E-state index contributed by atoms with van der Waals surface area (Å²) in [4.78, 5) is 14.7. The maximum Gasteiger partial charge on any atom is 0.238 e. The van der Waals surface area contributed by atoms with Gasteiger partial charge < -0.3 is 11.1 Å². The molecule has 0 aromatic heterocycles. The van der Waals surface area contributed by atoms with Crippen LogP contribution in [0, 0.1) is 5.92 Å². The van der Waals surface area contributed by atoms with Crippen LogP contribution in [0.3, 0.4) is 0 Å². The standard InChI is InChI=1S/C22H29N3O/c1-16(2)17-8-10-20(11-9-17)24-22(26)15-25-13-19(12-23)21(14-25)18-6-4-3-5-7-18/h3-11,16,19,21H,12-15,23H2,1-2H3,(H,24,26)/t19-,21+/m1/s1. The van der Waals surface area contributed by atoms with E-state index >= 15 is 0 Å². The zero-order valence-corrected chi connectivity index (χ0v) is 15.7. The highest BCUT2D eigenvalue weighted by atomic mass is 16.2. The van der Waals surface area contributed by atoms with Crippen LogP contribution in [0.25, 0.3) is 0 Å². The van der Waals surface area contributed by atoms with E-state index in [1.54, 1.807) is 0 Å². The summed E-state index contributed by atoms with van der Waals surface area (Å²) in [6.07, 6.45) is 0. The number of anilines is 1. The number of nitrogens with one attached hydrogen (secondary N) is 1. The van der Waals surface area contributed by atoms with Crippen LogP contribution in [0.2, 0.25) is 0 Å². The molecular weight excluding hydrogens is 322 g/mol. The number of carbonyl (C=O) groups excluding carboxylic acids is 1. The lowest BCUT2D eigenvalue weighted by molar-refractivity contribution is -0.117. The largest absolute Gasteiger partial charge is 0.330 e. The maximum atomic E-state index is 12.4. The van der Waals surface area contributed by atoms with Gasteiger partial charge in [-0.2, -0.15) is 0 Å². The molecule has 138 valence electrons. The summed E-state index contributed by atoms with van der Waals surface area (Å²) < 4.78 is 0. The summed E-state index contributed by atoms with van der Waals surface area (Å²) in [5.41, 5.74) is 9.44. The maximum absolute atomic E-state index is 12.4. The highest BCUT2D eigenvalue weighted by molar-refractivity contribution is 5.92. The summed E-state index contributed by atoms with van der Waals surface area (Å²) in [6, 6.07) is 18.6. The number of benzene rings is 2. The number of nitrogens with two attached hydrogens (primary N) is 1. The molecule has 2 atom stereocenters. The SMILES string of the molecule is CC(C)c1ccc(NC(=O)CN2C[C@@H](CN)[C@H](c3ccccc3)C2)cc1. The van der Waals surface area contributed by atoms with Crippen LogP contribution in [0.15, 0.2) is 54.6 Å². The van der Waals surface area contributed by atoms with Gasteiger partial charge in [0, 0.05) is 24.7 Å². The quantitative estimate of drug-likeness (QED) is 0.838. The van der Waals surface area contributed by atoms with Crippen LogP contribution in [0.5, 0.6) is 0 Å². The van der Waals surface area contributed by atoms with Gasteiger partial charge in [-0.3, -0.25) is 9.69 Å². The Bertz CT molecular complexity index is 712. The third-order valence-electron chi connectivity index (χ3n) is 5.28. The van der Waals surface area contributed by atoms with E-state index in [1.807, 2.05) is 18.2 Å². The average molecular weight is 351 g/mol. The van der Waals surface area contributed by atoms with Gasteiger partial charge in [-0.1, -0.05) is 56.3 Å². The van der Waals surface area contributed by atoms with Gasteiger partial charge in [0.15, 0.2) is 0 Å². The number of amides is 1. The van der Waals surface area contributed by atoms with E-state index in [2.05, 4.69) is 60.5 Å². The van der Waals surface area contributed by atoms with E-state index in [4.69, 9.17) is 5.73 Å². The number of hydrogen-bond acceptors (Lipinski definition) is 3. The molecule has 2 aromatic carbocycles. The number of rotatable bonds is 6. The summed E-state index contributed by atoms with van der Waals surface area (Å²) >= 11 is 0. The van der Waals surface area contributed by atoms with Gasteiger partial charge in [0.05, 0.1) is 6.54 Å². The highest BCUT2D eigenvalue weighted by Crippen LogP contribution is 2.31. The molecule has 0 unspecified atom stereocenters. The van der Waals surface area contributed by atoms with Crippen LogP contribution in [0.1, 0.15) is 36.8 Å². The molecular formula is C22H29N3O. The van der Waals surface area contributed by atoms with Gasteiger partial charge in [0.2, 0.25) is 5.91 Å². The molecule has 1 fully saturated rings. The molecule has 3 rings (SSSR count). The van der Waals surface area contributed by atoms with Gasteiger partial charge in [0.1, 0.15) is 0 Å².